The molecule has 20 heavy (non-hydrogen) atoms. The number of sulfonamides is 1. The van der Waals surface area contributed by atoms with Crippen LogP contribution in [-0.2, 0) is 14.8 Å². The first-order chi connectivity index (χ1) is 9.36. The van der Waals surface area contributed by atoms with Crippen LogP contribution in [0.5, 0.6) is 0 Å². The number of ether oxygens (including phenoxy) is 1. The average molecular weight is 319 g/mol. The van der Waals surface area contributed by atoms with Gasteiger partial charge in [0.15, 0.2) is 0 Å². The summed E-state index contributed by atoms with van der Waals surface area (Å²) in [6, 6.07) is 2.92. The monoisotopic (exact) mass is 318 g/mol. The van der Waals surface area contributed by atoms with E-state index >= 15 is 0 Å². The van der Waals surface area contributed by atoms with Gasteiger partial charge in [0.25, 0.3) is 0 Å². The third kappa shape index (κ3) is 2.93. The Morgan fingerprint density at radius 1 is 1.50 bits per heavy atom. The van der Waals surface area contributed by atoms with Crippen molar-refractivity contribution < 1.29 is 13.2 Å². The fourth-order valence-electron chi connectivity index (χ4n) is 2.13. The normalized spacial score (nSPS) is 21.1. The summed E-state index contributed by atoms with van der Waals surface area (Å²) in [5.74, 6) is 0. The Kier molecular flexibility index (Phi) is 4.59. The van der Waals surface area contributed by atoms with Gasteiger partial charge in [-0.15, -0.1) is 0 Å². The number of hydrogen-bond donors (Lipinski definition) is 1. The summed E-state index contributed by atoms with van der Waals surface area (Å²) in [7, 11) is -3.58. The molecule has 1 atom stereocenters. The summed E-state index contributed by atoms with van der Waals surface area (Å²) in [4.78, 5) is 0.141. The number of nitrogen functional groups attached to an aromatic ring is 1. The minimum absolute atomic E-state index is 0.0585. The number of hydrogen-bond acceptors (Lipinski definition) is 4. The van der Waals surface area contributed by atoms with Gasteiger partial charge in [-0.3, -0.25) is 0 Å². The highest BCUT2D eigenvalue weighted by molar-refractivity contribution is 7.89. The SMILES string of the molecule is CCC1CN(S(=O)(=O)c2cc(N)c(C)c(Cl)c2)CCO1. The van der Waals surface area contributed by atoms with Crippen LogP contribution in [0, 0.1) is 6.92 Å². The molecule has 1 unspecified atom stereocenters. The van der Waals surface area contributed by atoms with Crippen molar-refractivity contribution in [2.75, 3.05) is 25.4 Å². The largest absolute Gasteiger partial charge is 0.398 e. The van der Waals surface area contributed by atoms with Crippen molar-refractivity contribution in [3.05, 3.63) is 22.7 Å². The van der Waals surface area contributed by atoms with Crippen LogP contribution in [0.2, 0.25) is 5.02 Å². The second kappa shape index (κ2) is 5.89. The molecule has 0 amide bonds. The van der Waals surface area contributed by atoms with Gasteiger partial charge in [-0.2, -0.15) is 4.31 Å². The lowest BCUT2D eigenvalue weighted by Gasteiger charge is -2.31. The molecule has 0 saturated carbocycles. The van der Waals surface area contributed by atoms with Crippen LogP contribution in [0.3, 0.4) is 0 Å². The van der Waals surface area contributed by atoms with Gasteiger partial charge in [0, 0.05) is 23.8 Å². The molecule has 2 rings (SSSR count). The van der Waals surface area contributed by atoms with Gasteiger partial charge in [-0.25, -0.2) is 8.42 Å². The van der Waals surface area contributed by atoms with Crippen molar-refractivity contribution in [2.45, 2.75) is 31.3 Å². The number of benzene rings is 1. The first kappa shape index (κ1) is 15.6. The third-order valence-corrected chi connectivity index (χ3v) is 5.79. The third-order valence-electron chi connectivity index (χ3n) is 3.55. The molecule has 1 aromatic rings. The van der Waals surface area contributed by atoms with Gasteiger partial charge >= 0.3 is 0 Å². The quantitative estimate of drug-likeness (QED) is 0.865. The maximum absolute atomic E-state index is 12.6. The van der Waals surface area contributed by atoms with Gasteiger partial charge in [0.05, 0.1) is 17.6 Å². The van der Waals surface area contributed by atoms with Crippen molar-refractivity contribution in [2.24, 2.45) is 0 Å². The molecular weight excluding hydrogens is 300 g/mol. The Morgan fingerprint density at radius 2 is 2.20 bits per heavy atom. The highest BCUT2D eigenvalue weighted by atomic mass is 35.5. The Morgan fingerprint density at radius 3 is 2.80 bits per heavy atom. The predicted molar refractivity (Wildman–Crippen MR) is 79.4 cm³/mol. The fraction of sp³-hybridized carbons (Fsp3) is 0.538. The minimum atomic E-state index is -3.58. The van der Waals surface area contributed by atoms with E-state index in [4.69, 9.17) is 22.1 Å². The molecule has 2 N–H and O–H groups in total. The summed E-state index contributed by atoms with van der Waals surface area (Å²) < 4.78 is 32.2. The van der Waals surface area contributed by atoms with Crippen LogP contribution in [0.15, 0.2) is 17.0 Å². The van der Waals surface area contributed by atoms with E-state index < -0.39 is 10.0 Å². The summed E-state index contributed by atoms with van der Waals surface area (Å²) >= 11 is 6.03. The molecule has 1 aromatic carbocycles. The van der Waals surface area contributed by atoms with Crippen molar-refractivity contribution in [3.8, 4) is 0 Å². The molecule has 0 bridgehead atoms. The first-order valence-electron chi connectivity index (χ1n) is 6.53. The molecule has 0 radical (unpaired) electrons. The second-order valence-electron chi connectivity index (χ2n) is 4.88. The summed E-state index contributed by atoms with van der Waals surface area (Å²) in [5, 5.41) is 0.365. The van der Waals surface area contributed by atoms with Crippen LogP contribution >= 0.6 is 11.6 Å². The van der Waals surface area contributed by atoms with Gasteiger partial charge in [0.2, 0.25) is 10.0 Å². The average Bonchev–Trinajstić information content (AvgIpc) is 2.44. The number of rotatable bonds is 3. The number of morpholine rings is 1. The molecular formula is C13H19ClN2O3S. The van der Waals surface area contributed by atoms with Gasteiger partial charge < -0.3 is 10.5 Å². The zero-order valence-corrected chi connectivity index (χ0v) is 13.2. The number of anilines is 1. The van der Waals surface area contributed by atoms with Crippen LogP contribution in [0.1, 0.15) is 18.9 Å². The van der Waals surface area contributed by atoms with Crippen LogP contribution < -0.4 is 5.73 Å². The standard InChI is InChI=1S/C13H19ClN2O3S/c1-3-10-8-16(4-5-19-10)20(17,18)11-6-12(14)9(2)13(15)7-11/h6-7,10H,3-5,8,15H2,1-2H3. The Bertz CT molecular complexity index is 581. The van der Waals surface area contributed by atoms with E-state index in [0.29, 0.717) is 36.0 Å². The van der Waals surface area contributed by atoms with Crippen molar-refractivity contribution in [1.82, 2.24) is 4.31 Å². The highest BCUT2D eigenvalue weighted by Gasteiger charge is 2.30. The first-order valence-corrected chi connectivity index (χ1v) is 8.35. The predicted octanol–water partition coefficient (Wildman–Crippen LogP) is 2.03. The lowest BCUT2D eigenvalue weighted by Crippen LogP contribution is -2.45. The minimum Gasteiger partial charge on any atom is -0.398 e. The van der Waals surface area contributed by atoms with E-state index in [0.717, 1.165) is 6.42 Å². The zero-order chi connectivity index (χ0) is 14.9. The molecule has 7 heteroatoms. The van der Waals surface area contributed by atoms with Crippen LogP contribution in [0.4, 0.5) is 5.69 Å². The Balaban J connectivity index is 2.35. The molecule has 112 valence electrons. The second-order valence-corrected chi connectivity index (χ2v) is 7.23. The van der Waals surface area contributed by atoms with E-state index in [1.165, 1.54) is 16.4 Å². The molecule has 1 aliphatic rings. The lowest BCUT2D eigenvalue weighted by molar-refractivity contribution is -0.00277. The summed E-state index contributed by atoms with van der Waals surface area (Å²) in [5.41, 5.74) is 6.89. The van der Waals surface area contributed by atoms with Gasteiger partial charge in [-0.05, 0) is 31.0 Å². The van der Waals surface area contributed by atoms with Crippen molar-refractivity contribution in [1.29, 1.82) is 0 Å². The van der Waals surface area contributed by atoms with Crippen molar-refractivity contribution >= 4 is 27.3 Å². The molecule has 1 heterocycles. The van der Waals surface area contributed by atoms with E-state index in [2.05, 4.69) is 0 Å². The van der Waals surface area contributed by atoms with Crippen LogP contribution in [0.25, 0.3) is 0 Å². The summed E-state index contributed by atoms with van der Waals surface area (Å²) in [6.07, 6.45) is 0.722. The highest BCUT2D eigenvalue weighted by Crippen LogP contribution is 2.28. The van der Waals surface area contributed by atoms with E-state index in [1.807, 2.05) is 6.92 Å². The smallest absolute Gasteiger partial charge is 0.243 e. The van der Waals surface area contributed by atoms with E-state index in [1.54, 1.807) is 6.92 Å². The topological polar surface area (TPSA) is 72.6 Å². The number of halogens is 1. The zero-order valence-electron chi connectivity index (χ0n) is 11.6. The lowest BCUT2D eigenvalue weighted by atomic mass is 10.2. The summed E-state index contributed by atoms with van der Waals surface area (Å²) in [6.45, 7) is 4.86. The number of nitrogens with zero attached hydrogens (tertiary/aromatic N) is 1. The van der Waals surface area contributed by atoms with E-state index in [-0.39, 0.29) is 11.0 Å². The van der Waals surface area contributed by atoms with Gasteiger partial charge in [-0.1, -0.05) is 18.5 Å². The van der Waals surface area contributed by atoms with Gasteiger partial charge in [0.1, 0.15) is 0 Å². The fourth-order valence-corrected chi connectivity index (χ4v) is 3.94. The van der Waals surface area contributed by atoms with Crippen molar-refractivity contribution in [3.63, 3.8) is 0 Å². The Hall–Kier alpha value is -0.820. The molecule has 0 aromatic heterocycles. The molecule has 1 fully saturated rings. The molecule has 1 aliphatic heterocycles. The maximum Gasteiger partial charge on any atom is 0.243 e. The molecule has 1 saturated heterocycles. The van der Waals surface area contributed by atoms with E-state index in [9.17, 15) is 8.42 Å². The molecule has 5 nitrogen and oxygen atoms in total. The molecule has 0 aliphatic carbocycles. The number of nitrogens with two attached hydrogens (primary N) is 1. The maximum atomic E-state index is 12.6. The molecule has 0 spiro atoms. The van der Waals surface area contributed by atoms with Crippen LogP contribution in [-0.4, -0.2) is 38.5 Å². The Labute approximate surface area is 124 Å².